The van der Waals surface area contributed by atoms with Crippen LogP contribution < -0.4 is 5.32 Å². The number of hydrogen-bond donors (Lipinski definition) is 3. The molecule has 0 fully saturated rings. The summed E-state index contributed by atoms with van der Waals surface area (Å²) in [5.74, 6) is 0.0719. The Morgan fingerprint density at radius 1 is 1.11 bits per heavy atom. The first-order valence-corrected chi connectivity index (χ1v) is 6.87. The van der Waals surface area contributed by atoms with Gasteiger partial charge in [-0.3, -0.25) is 0 Å². The number of nitrogens with one attached hydrogen (secondary N) is 1. The van der Waals surface area contributed by atoms with E-state index in [2.05, 4.69) is 21.2 Å². The molecule has 3 N–H and O–H groups in total. The van der Waals surface area contributed by atoms with Gasteiger partial charge >= 0.3 is 0 Å². The van der Waals surface area contributed by atoms with Gasteiger partial charge in [0.2, 0.25) is 0 Å². The molecule has 2 aromatic carbocycles. The number of phenols is 2. The van der Waals surface area contributed by atoms with E-state index in [0.717, 1.165) is 15.7 Å². The number of anilines is 1. The molecule has 0 saturated carbocycles. The van der Waals surface area contributed by atoms with Crippen LogP contribution >= 0.6 is 27.5 Å². The van der Waals surface area contributed by atoms with Gasteiger partial charge in [-0.1, -0.05) is 11.6 Å². The molecule has 1 atom stereocenters. The summed E-state index contributed by atoms with van der Waals surface area (Å²) in [5, 5.41) is 22.9. The average Bonchev–Trinajstić information content (AvgIpc) is 2.32. The summed E-state index contributed by atoms with van der Waals surface area (Å²) in [6, 6.07) is 9.88. The van der Waals surface area contributed by atoms with E-state index in [1.54, 1.807) is 18.2 Å². The first-order chi connectivity index (χ1) is 8.95. The van der Waals surface area contributed by atoms with Crippen LogP contribution in [0.2, 0.25) is 5.02 Å². The number of halogens is 2. The average molecular weight is 343 g/mol. The normalized spacial score (nSPS) is 12.2. The lowest BCUT2D eigenvalue weighted by atomic mass is 10.1. The second-order valence-electron chi connectivity index (χ2n) is 4.27. The Balaban J connectivity index is 2.25. The van der Waals surface area contributed by atoms with Gasteiger partial charge in [0, 0.05) is 21.6 Å². The van der Waals surface area contributed by atoms with Crippen LogP contribution in [0.3, 0.4) is 0 Å². The largest absolute Gasteiger partial charge is 0.508 e. The number of hydrogen-bond acceptors (Lipinski definition) is 3. The van der Waals surface area contributed by atoms with Gasteiger partial charge in [0.15, 0.2) is 0 Å². The summed E-state index contributed by atoms with van der Waals surface area (Å²) in [4.78, 5) is 0. The Hall–Kier alpha value is -1.39. The van der Waals surface area contributed by atoms with Crippen LogP contribution in [-0.4, -0.2) is 10.2 Å². The molecule has 19 heavy (non-hydrogen) atoms. The van der Waals surface area contributed by atoms with E-state index in [4.69, 9.17) is 11.6 Å². The van der Waals surface area contributed by atoms with Crippen molar-refractivity contribution in [2.75, 3.05) is 5.32 Å². The van der Waals surface area contributed by atoms with Gasteiger partial charge in [-0.15, -0.1) is 0 Å². The lowest BCUT2D eigenvalue weighted by Gasteiger charge is -2.17. The van der Waals surface area contributed by atoms with E-state index in [0.29, 0.717) is 5.02 Å². The third-order valence-electron chi connectivity index (χ3n) is 2.73. The molecule has 5 heteroatoms. The summed E-state index contributed by atoms with van der Waals surface area (Å²) >= 11 is 9.40. The second-order valence-corrected chi connectivity index (χ2v) is 5.56. The van der Waals surface area contributed by atoms with E-state index in [1.807, 2.05) is 19.1 Å². The standard InChI is InChI=1S/C14H13BrClNO2/c1-8(9-4-11(18)7-12(19)5-9)17-14-6-10(16)2-3-13(14)15/h2-8,17-19H,1H3. The third kappa shape index (κ3) is 3.55. The van der Waals surface area contributed by atoms with E-state index in [-0.39, 0.29) is 17.5 Å². The number of phenolic OH excluding ortho intramolecular Hbond substituents is 2. The molecule has 1 unspecified atom stereocenters. The SMILES string of the molecule is CC(Nc1cc(Cl)ccc1Br)c1cc(O)cc(O)c1. The molecular formula is C14H13BrClNO2. The highest BCUT2D eigenvalue weighted by molar-refractivity contribution is 9.10. The van der Waals surface area contributed by atoms with Crippen molar-refractivity contribution < 1.29 is 10.2 Å². The van der Waals surface area contributed by atoms with Crippen LogP contribution in [0.15, 0.2) is 40.9 Å². The van der Waals surface area contributed by atoms with Crippen LogP contribution in [0.5, 0.6) is 11.5 Å². The maximum atomic E-state index is 9.49. The maximum absolute atomic E-state index is 9.49. The molecule has 0 bridgehead atoms. The molecule has 2 rings (SSSR count). The van der Waals surface area contributed by atoms with Crippen LogP contribution in [0.1, 0.15) is 18.5 Å². The van der Waals surface area contributed by atoms with Gasteiger partial charge in [-0.25, -0.2) is 0 Å². The summed E-state index contributed by atoms with van der Waals surface area (Å²) in [6.45, 7) is 1.93. The van der Waals surface area contributed by atoms with Crippen molar-refractivity contribution in [1.82, 2.24) is 0 Å². The third-order valence-corrected chi connectivity index (χ3v) is 3.65. The minimum absolute atomic E-state index is 0.0359. The van der Waals surface area contributed by atoms with Gasteiger partial charge in [0.05, 0.1) is 5.69 Å². The van der Waals surface area contributed by atoms with E-state index >= 15 is 0 Å². The highest BCUT2D eigenvalue weighted by Crippen LogP contribution is 2.31. The molecule has 0 aliphatic rings. The number of aromatic hydroxyl groups is 2. The molecule has 100 valence electrons. The van der Waals surface area contributed by atoms with Crippen LogP contribution in [0.4, 0.5) is 5.69 Å². The fourth-order valence-electron chi connectivity index (χ4n) is 1.79. The van der Waals surface area contributed by atoms with Crippen molar-refractivity contribution in [2.24, 2.45) is 0 Å². The lowest BCUT2D eigenvalue weighted by molar-refractivity contribution is 0.448. The van der Waals surface area contributed by atoms with Gasteiger partial charge in [-0.05, 0) is 58.7 Å². The van der Waals surface area contributed by atoms with Crippen molar-refractivity contribution in [1.29, 1.82) is 0 Å². The smallest absolute Gasteiger partial charge is 0.119 e. The quantitative estimate of drug-likeness (QED) is 0.758. The highest BCUT2D eigenvalue weighted by Gasteiger charge is 2.10. The Morgan fingerprint density at radius 2 is 1.74 bits per heavy atom. The summed E-state index contributed by atoms with van der Waals surface area (Å²) in [5.41, 5.74) is 1.63. The minimum atomic E-state index is -0.0900. The molecule has 3 nitrogen and oxygen atoms in total. The predicted molar refractivity (Wildman–Crippen MR) is 81.0 cm³/mol. The van der Waals surface area contributed by atoms with Crippen LogP contribution in [0, 0.1) is 0 Å². The zero-order valence-electron chi connectivity index (χ0n) is 10.2. The molecule has 0 spiro atoms. The van der Waals surface area contributed by atoms with Crippen molar-refractivity contribution in [3.05, 3.63) is 51.5 Å². The summed E-state index contributed by atoms with van der Waals surface area (Å²) < 4.78 is 0.896. The van der Waals surface area contributed by atoms with Crippen molar-refractivity contribution in [3.63, 3.8) is 0 Å². The first-order valence-electron chi connectivity index (χ1n) is 5.70. The van der Waals surface area contributed by atoms with Gasteiger partial charge in [0.25, 0.3) is 0 Å². The Labute approximate surface area is 125 Å². The van der Waals surface area contributed by atoms with Crippen molar-refractivity contribution in [3.8, 4) is 11.5 Å². The fourth-order valence-corrected chi connectivity index (χ4v) is 2.33. The van der Waals surface area contributed by atoms with Crippen LogP contribution in [-0.2, 0) is 0 Å². The predicted octanol–water partition coefficient (Wildman–Crippen LogP) is 4.69. The number of rotatable bonds is 3. The maximum Gasteiger partial charge on any atom is 0.119 e. The highest BCUT2D eigenvalue weighted by atomic mass is 79.9. The molecule has 0 heterocycles. The molecule has 0 amide bonds. The zero-order valence-corrected chi connectivity index (χ0v) is 12.5. The molecule has 0 saturated heterocycles. The summed E-state index contributed by atoms with van der Waals surface area (Å²) in [7, 11) is 0. The van der Waals surface area contributed by atoms with E-state index in [1.165, 1.54) is 6.07 Å². The zero-order chi connectivity index (χ0) is 14.0. The molecular weight excluding hydrogens is 330 g/mol. The topological polar surface area (TPSA) is 52.5 Å². The minimum Gasteiger partial charge on any atom is -0.508 e. The Morgan fingerprint density at radius 3 is 2.37 bits per heavy atom. The van der Waals surface area contributed by atoms with E-state index < -0.39 is 0 Å². The monoisotopic (exact) mass is 341 g/mol. The first kappa shape index (κ1) is 14.0. The Kier molecular flexibility index (Phi) is 4.22. The van der Waals surface area contributed by atoms with Gasteiger partial charge in [-0.2, -0.15) is 0 Å². The number of benzene rings is 2. The fraction of sp³-hybridized carbons (Fsp3) is 0.143. The lowest BCUT2D eigenvalue weighted by Crippen LogP contribution is -2.07. The van der Waals surface area contributed by atoms with Gasteiger partial charge < -0.3 is 15.5 Å². The molecule has 0 aliphatic heterocycles. The van der Waals surface area contributed by atoms with Gasteiger partial charge in [0.1, 0.15) is 11.5 Å². The molecule has 2 aromatic rings. The Bertz CT molecular complexity index is 584. The molecule has 0 radical (unpaired) electrons. The van der Waals surface area contributed by atoms with Crippen molar-refractivity contribution >= 4 is 33.2 Å². The van der Waals surface area contributed by atoms with E-state index in [9.17, 15) is 10.2 Å². The van der Waals surface area contributed by atoms with Crippen LogP contribution in [0.25, 0.3) is 0 Å². The second kappa shape index (κ2) is 5.72. The summed E-state index contributed by atoms with van der Waals surface area (Å²) in [6.07, 6.45) is 0. The van der Waals surface area contributed by atoms with Crippen molar-refractivity contribution in [2.45, 2.75) is 13.0 Å². The molecule has 0 aromatic heterocycles. The molecule has 0 aliphatic carbocycles.